The lowest BCUT2D eigenvalue weighted by Gasteiger charge is -2.11. The SMILES string of the molecule is O=S(=O)(CC1CCCO1)NCc1ccc(CO)cc1. The summed E-state index contributed by atoms with van der Waals surface area (Å²) in [5.74, 6) is 0.0295. The minimum absolute atomic E-state index is 0.00890. The second-order valence-electron chi connectivity index (χ2n) is 4.71. The Morgan fingerprint density at radius 1 is 1.26 bits per heavy atom. The molecular weight excluding hydrogens is 266 g/mol. The minimum atomic E-state index is -3.30. The van der Waals surface area contributed by atoms with Gasteiger partial charge in [-0.05, 0) is 24.0 Å². The van der Waals surface area contributed by atoms with E-state index in [2.05, 4.69) is 4.72 Å². The summed E-state index contributed by atoms with van der Waals surface area (Å²) in [5, 5.41) is 8.92. The predicted molar refractivity (Wildman–Crippen MR) is 72.0 cm³/mol. The number of sulfonamides is 1. The Kier molecular flexibility index (Phi) is 4.93. The van der Waals surface area contributed by atoms with Crippen LogP contribution in [0.3, 0.4) is 0 Å². The molecule has 0 aliphatic carbocycles. The molecule has 0 aromatic heterocycles. The molecule has 1 aromatic rings. The summed E-state index contributed by atoms with van der Waals surface area (Å²) in [5.41, 5.74) is 1.68. The number of hydrogen-bond donors (Lipinski definition) is 2. The largest absolute Gasteiger partial charge is 0.392 e. The van der Waals surface area contributed by atoms with Gasteiger partial charge in [-0.1, -0.05) is 24.3 Å². The first-order valence-electron chi connectivity index (χ1n) is 6.37. The van der Waals surface area contributed by atoms with Crippen molar-refractivity contribution < 1.29 is 18.3 Å². The summed E-state index contributed by atoms with van der Waals surface area (Å²) in [6.07, 6.45) is 1.57. The van der Waals surface area contributed by atoms with Gasteiger partial charge in [-0.3, -0.25) is 0 Å². The standard InChI is InChI=1S/C13H19NO4S/c15-9-12-5-3-11(4-6-12)8-14-19(16,17)10-13-2-1-7-18-13/h3-6,13-15H,1-2,7-10H2. The molecule has 0 spiro atoms. The van der Waals surface area contributed by atoms with Gasteiger partial charge in [0.15, 0.2) is 0 Å². The molecule has 6 heteroatoms. The highest BCUT2D eigenvalue weighted by molar-refractivity contribution is 7.89. The van der Waals surface area contributed by atoms with Gasteiger partial charge in [0.2, 0.25) is 10.0 Å². The van der Waals surface area contributed by atoms with Crippen LogP contribution in [0.15, 0.2) is 24.3 Å². The van der Waals surface area contributed by atoms with Crippen LogP contribution in [-0.4, -0.2) is 32.0 Å². The van der Waals surface area contributed by atoms with Crippen LogP contribution in [0.25, 0.3) is 0 Å². The van der Waals surface area contributed by atoms with E-state index in [9.17, 15) is 8.42 Å². The predicted octanol–water partition coefficient (Wildman–Crippen LogP) is 0.777. The Morgan fingerprint density at radius 2 is 1.95 bits per heavy atom. The number of ether oxygens (including phenoxy) is 1. The average molecular weight is 285 g/mol. The minimum Gasteiger partial charge on any atom is -0.392 e. The van der Waals surface area contributed by atoms with Crippen LogP contribution in [0.2, 0.25) is 0 Å². The monoisotopic (exact) mass is 285 g/mol. The summed E-state index contributed by atoms with van der Waals surface area (Å²) in [6, 6.07) is 7.17. The molecule has 0 saturated carbocycles. The highest BCUT2D eigenvalue weighted by atomic mass is 32.2. The molecular formula is C13H19NO4S. The number of aliphatic hydroxyl groups is 1. The van der Waals surface area contributed by atoms with Gasteiger partial charge in [-0.15, -0.1) is 0 Å². The molecule has 1 saturated heterocycles. The fourth-order valence-corrected chi connectivity index (χ4v) is 3.29. The van der Waals surface area contributed by atoms with Crippen LogP contribution in [0.1, 0.15) is 24.0 Å². The van der Waals surface area contributed by atoms with Crippen LogP contribution >= 0.6 is 0 Å². The Morgan fingerprint density at radius 3 is 2.53 bits per heavy atom. The van der Waals surface area contributed by atoms with E-state index >= 15 is 0 Å². The first-order valence-corrected chi connectivity index (χ1v) is 8.02. The van der Waals surface area contributed by atoms with Crippen molar-refractivity contribution in [3.63, 3.8) is 0 Å². The quantitative estimate of drug-likeness (QED) is 0.810. The Hall–Kier alpha value is -0.950. The van der Waals surface area contributed by atoms with Gasteiger partial charge in [0, 0.05) is 13.2 Å². The highest BCUT2D eigenvalue weighted by Crippen LogP contribution is 2.13. The lowest BCUT2D eigenvalue weighted by molar-refractivity contribution is 0.127. The number of hydrogen-bond acceptors (Lipinski definition) is 4. The lowest BCUT2D eigenvalue weighted by atomic mass is 10.1. The maximum Gasteiger partial charge on any atom is 0.214 e. The van der Waals surface area contributed by atoms with Crippen molar-refractivity contribution in [1.82, 2.24) is 4.72 Å². The first kappa shape index (κ1) is 14.5. The second kappa shape index (κ2) is 6.47. The maximum absolute atomic E-state index is 11.9. The third kappa shape index (κ3) is 4.58. The van der Waals surface area contributed by atoms with Crippen molar-refractivity contribution in [2.75, 3.05) is 12.4 Å². The fraction of sp³-hybridized carbons (Fsp3) is 0.538. The zero-order valence-electron chi connectivity index (χ0n) is 10.7. The van der Waals surface area contributed by atoms with Gasteiger partial charge >= 0.3 is 0 Å². The van der Waals surface area contributed by atoms with Crippen molar-refractivity contribution >= 4 is 10.0 Å². The van der Waals surface area contributed by atoms with Crippen LogP contribution in [0.5, 0.6) is 0 Å². The first-order chi connectivity index (χ1) is 9.09. The average Bonchev–Trinajstić information content (AvgIpc) is 2.89. The van der Waals surface area contributed by atoms with Crippen molar-refractivity contribution in [3.05, 3.63) is 35.4 Å². The second-order valence-corrected chi connectivity index (χ2v) is 6.56. The summed E-state index contributed by atoms with van der Waals surface area (Å²) in [7, 11) is -3.30. The summed E-state index contributed by atoms with van der Waals surface area (Å²) >= 11 is 0. The van der Waals surface area contributed by atoms with Crippen molar-refractivity contribution in [1.29, 1.82) is 0 Å². The zero-order valence-corrected chi connectivity index (χ0v) is 11.5. The van der Waals surface area contributed by atoms with E-state index in [0.29, 0.717) is 6.61 Å². The van der Waals surface area contributed by atoms with Crippen molar-refractivity contribution in [2.45, 2.75) is 32.1 Å². The Balaban J connectivity index is 1.85. The van der Waals surface area contributed by atoms with E-state index in [0.717, 1.165) is 24.0 Å². The summed E-state index contributed by atoms with van der Waals surface area (Å²) in [4.78, 5) is 0. The van der Waals surface area contributed by atoms with Gasteiger partial charge in [0.25, 0.3) is 0 Å². The van der Waals surface area contributed by atoms with E-state index in [-0.39, 0.29) is 25.0 Å². The lowest BCUT2D eigenvalue weighted by Crippen LogP contribution is -2.31. The fourth-order valence-electron chi connectivity index (χ4n) is 2.04. The van der Waals surface area contributed by atoms with Gasteiger partial charge in [0.05, 0.1) is 18.5 Å². The topological polar surface area (TPSA) is 75.6 Å². The number of rotatable bonds is 6. The van der Waals surface area contributed by atoms with E-state index in [1.807, 2.05) is 0 Å². The third-order valence-electron chi connectivity index (χ3n) is 3.13. The molecule has 1 aromatic carbocycles. The molecule has 1 aliphatic rings. The normalized spacial score (nSPS) is 19.7. The van der Waals surface area contributed by atoms with Crippen molar-refractivity contribution in [3.8, 4) is 0 Å². The van der Waals surface area contributed by atoms with E-state index in [4.69, 9.17) is 9.84 Å². The maximum atomic E-state index is 11.9. The molecule has 2 N–H and O–H groups in total. The van der Waals surface area contributed by atoms with Gasteiger partial charge in [0.1, 0.15) is 0 Å². The van der Waals surface area contributed by atoms with Crippen molar-refractivity contribution in [2.24, 2.45) is 0 Å². The third-order valence-corrected chi connectivity index (χ3v) is 4.53. The molecule has 1 atom stereocenters. The molecule has 0 radical (unpaired) electrons. The number of nitrogens with one attached hydrogen (secondary N) is 1. The smallest absolute Gasteiger partial charge is 0.214 e. The van der Waals surface area contributed by atoms with Gasteiger partial charge in [-0.2, -0.15) is 0 Å². The molecule has 1 unspecified atom stereocenters. The molecule has 1 heterocycles. The summed E-state index contributed by atoms with van der Waals surface area (Å²) in [6.45, 7) is 0.911. The molecule has 1 aliphatic heterocycles. The Bertz CT molecular complexity index is 492. The Labute approximate surface area is 113 Å². The van der Waals surface area contributed by atoms with E-state index in [1.165, 1.54) is 0 Å². The van der Waals surface area contributed by atoms with Gasteiger partial charge in [-0.25, -0.2) is 13.1 Å². The molecule has 5 nitrogen and oxygen atoms in total. The van der Waals surface area contributed by atoms with Crippen LogP contribution < -0.4 is 4.72 Å². The van der Waals surface area contributed by atoms with E-state index < -0.39 is 10.0 Å². The molecule has 106 valence electrons. The number of benzene rings is 1. The zero-order chi connectivity index (χ0) is 13.7. The molecule has 0 amide bonds. The molecule has 0 bridgehead atoms. The van der Waals surface area contributed by atoms with Crippen LogP contribution in [0, 0.1) is 0 Å². The molecule has 2 rings (SSSR count). The molecule has 19 heavy (non-hydrogen) atoms. The number of aliphatic hydroxyl groups excluding tert-OH is 1. The van der Waals surface area contributed by atoms with Crippen LogP contribution in [0.4, 0.5) is 0 Å². The molecule has 1 fully saturated rings. The highest BCUT2D eigenvalue weighted by Gasteiger charge is 2.22. The van der Waals surface area contributed by atoms with Gasteiger partial charge < -0.3 is 9.84 Å². The summed E-state index contributed by atoms with van der Waals surface area (Å²) < 4.78 is 31.6. The van der Waals surface area contributed by atoms with Crippen LogP contribution in [-0.2, 0) is 27.9 Å². The van der Waals surface area contributed by atoms with E-state index in [1.54, 1.807) is 24.3 Å².